The number of ether oxygens (including phenoxy) is 1. The minimum absolute atomic E-state index is 0.0670. The normalized spacial score (nSPS) is 19.8. The molecule has 1 saturated heterocycles. The van der Waals surface area contributed by atoms with Crippen molar-refractivity contribution in [2.75, 3.05) is 11.5 Å². The highest BCUT2D eigenvalue weighted by atomic mass is 32.2. The number of hydrogen-bond acceptors (Lipinski definition) is 6. The summed E-state index contributed by atoms with van der Waals surface area (Å²) < 4.78 is 30.9. The highest BCUT2D eigenvalue weighted by molar-refractivity contribution is 8.01. The molecule has 1 aliphatic rings. The zero-order chi connectivity index (χ0) is 16.3. The maximum Gasteiger partial charge on any atom is 0.191 e. The lowest BCUT2D eigenvalue weighted by molar-refractivity contribution is 0.288. The molecule has 0 amide bonds. The molecule has 2 heterocycles. The Balaban J connectivity index is 1.67. The van der Waals surface area contributed by atoms with Crippen LogP contribution >= 0.6 is 11.8 Å². The molecular formula is C15H19N3O3S2. The minimum atomic E-state index is -2.88. The van der Waals surface area contributed by atoms with Gasteiger partial charge in [-0.05, 0) is 25.5 Å². The van der Waals surface area contributed by atoms with E-state index in [0.717, 1.165) is 23.3 Å². The fourth-order valence-electron chi connectivity index (χ4n) is 2.50. The van der Waals surface area contributed by atoms with Gasteiger partial charge < -0.3 is 9.30 Å². The Morgan fingerprint density at radius 2 is 2.09 bits per heavy atom. The number of nitrogens with zero attached hydrogens (tertiary/aromatic N) is 3. The number of thioether (sulfide) groups is 1. The van der Waals surface area contributed by atoms with Gasteiger partial charge in [0, 0.05) is 11.8 Å². The van der Waals surface area contributed by atoms with Crippen molar-refractivity contribution in [3.63, 3.8) is 0 Å². The Morgan fingerprint density at radius 1 is 1.30 bits per heavy atom. The smallest absolute Gasteiger partial charge is 0.191 e. The topological polar surface area (TPSA) is 74.1 Å². The van der Waals surface area contributed by atoms with E-state index in [4.69, 9.17) is 4.74 Å². The van der Waals surface area contributed by atoms with Crippen LogP contribution in [0.4, 0.5) is 0 Å². The first-order chi connectivity index (χ1) is 11.1. The quantitative estimate of drug-likeness (QED) is 0.792. The molecule has 1 aliphatic heterocycles. The number of benzene rings is 1. The maximum atomic E-state index is 11.6. The van der Waals surface area contributed by atoms with E-state index in [9.17, 15) is 8.42 Å². The molecule has 0 spiro atoms. The second-order valence-electron chi connectivity index (χ2n) is 5.39. The molecule has 0 bridgehead atoms. The molecule has 0 aliphatic carbocycles. The molecule has 0 saturated carbocycles. The summed E-state index contributed by atoms with van der Waals surface area (Å²) in [6.45, 7) is 3.08. The summed E-state index contributed by atoms with van der Waals surface area (Å²) in [5.41, 5.74) is 0. The summed E-state index contributed by atoms with van der Waals surface area (Å²) in [6.07, 6.45) is 0.680. The van der Waals surface area contributed by atoms with Crippen molar-refractivity contribution in [2.45, 2.75) is 36.9 Å². The van der Waals surface area contributed by atoms with E-state index in [1.165, 1.54) is 11.8 Å². The van der Waals surface area contributed by atoms with Crippen LogP contribution in [0.2, 0.25) is 0 Å². The monoisotopic (exact) mass is 353 g/mol. The molecule has 1 unspecified atom stereocenters. The van der Waals surface area contributed by atoms with Gasteiger partial charge in [0.1, 0.15) is 12.4 Å². The number of para-hydroxylation sites is 1. The largest absolute Gasteiger partial charge is 0.486 e. The van der Waals surface area contributed by atoms with Crippen molar-refractivity contribution >= 4 is 21.6 Å². The fraction of sp³-hybridized carbons (Fsp3) is 0.467. The first-order valence-electron chi connectivity index (χ1n) is 7.54. The molecule has 6 nitrogen and oxygen atoms in total. The Morgan fingerprint density at radius 3 is 2.74 bits per heavy atom. The highest BCUT2D eigenvalue weighted by Crippen LogP contribution is 2.30. The molecule has 3 rings (SSSR count). The number of rotatable bonds is 6. The standard InChI is InChI=1S/C15H19N3O3S2/c1-2-18-14(10-21-12-6-4-3-5-7-12)16-17-15(18)22-13-8-9-23(19,20)11-13/h3-7,13H,2,8-11H2,1H3. The van der Waals surface area contributed by atoms with Crippen LogP contribution in [0.3, 0.4) is 0 Å². The highest BCUT2D eigenvalue weighted by Gasteiger charge is 2.30. The van der Waals surface area contributed by atoms with Crippen LogP contribution in [-0.2, 0) is 23.0 Å². The van der Waals surface area contributed by atoms with Crippen LogP contribution in [0.1, 0.15) is 19.2 Å². The number of aromatic nitrogens is 3. The third-order valence-corrected chi connectivity index (χ3v) is 6.91. The molecular weight excluding hydrogens is 334 g/mol. The van der Waals surface area contributed by atoms with Crippen molar-refractivity contribution in [1.29, 1.82) is 0 Å². The summed E-state index contributed by atoms with van der Waals surface area (Å²) in [5.74, 6) is 2.04. The molecule has 23 heavy (non-hydrogen) atoms. The van der Waals surface area contributed by atoms with E-state index in [-0.39, 0.29) is 16.8 Å². The average molecular weight is 353 g/mol. The third-order valence-electron chi connectivity index (χ3n) is 3.68. The van der Waals surface area contributed by atoms with E-state index < -0.39 is 9.84 Å². The van der Waals surface area contributed by atoms with Crippen molar-refractivity contribution in [1.82, 2.24) is 14.8 Å². The predicted octanol–water partition coefficient (Wildman–Crippen LogP) is 2.16. The summed E-state index contributed by atoms with van der Waals surface area (Å²) in [6, 6.07) is 9.56. The zero-order valence-electron chi connectivity index (χ0n) is 12.9. The van der Waals surface area contributed by atoms with Crippen molar-refractivity contribution in [3.8, 4) is 5.75 Å². The van der Waals surface area contributed by atoms with Crippen molar-refractivity contribution in [3.05, 3.63) is 36.2 Å². The van der Waals surface area contributed by atoms with Crippen molar-refractivity contribution in [2.24, 2.45) is 0 Å². The zero-order valence-corrected chi connectivity index (χ0v) is 14.5. The minimum Gasteiger partial charge on any atom is -0.486 e. The van der Waals surface area contributed by atoms with Crippen LogP contribution in [-0.4, -0.2) is 39.9 Å². The van der Waals surface area contributed by atoms with Gasteiger partial charge in [-0.25, -0.2) is 8.42 Å². The van der Waals surface area contributed by atoms with E-state index in [2.05, 4.69) is 10.2 Å². The van der Waals surface area contributed by atoms with Gasteiger partial charge in [-0.15, -0.1) is 10.2 Å². The Kier molecular flexibility index (Phi) is 4.91. The lowest BCUT2D eigenvalue weighted by Crippen LogP contribution is -2.10. The summed E-state index contributed by atoms with van der Waals surface area (Å²) >= 11 is 1.50. The summed E-state index contributed by atoms with van der Waals surface area (Å²) in [5, 5.41) is 9.24. The van der Waals surface area contributed by atoms with E-state index in [0.29, 0.717) is 13.0 Å². The molecule has 124 valence electrons. The van der Waals surface area contributed by atoms with Gasteiger partial charge >= 0.3 is 0 Å². The molecule has 0 radical (unpaired) electrons. The Bertz CT molecular complexity index is 760. The lowest BCUT2D eigenvalue weighted by Gasteiger charge is -2.10. The lowest BCUT2D eigenvalue weighted by atomic mass is 10.3. The Labute approximate surface area is 140 Å². The van der Waals surface area contributed by atoms with Gasteiger partial charge in [0.05, 0.1) is 11.5 Å². The molecule has 2 aromatic rings. The van der Waals surface area contributed by atoms with Gasteiger partial charge in [0.2, 0.25) is 0 Å². The molecule has 8 heteroatoms. The summed E-state index contributed by atoms with van der Waals surface area (Å²) in [4.78, 5) is 0. The van der Waals surface area contributed by atoms with E-state index in [1.807, 2.05) is 41.8 Å². The molecule has 1 atom stereocenters. The predicted molar refractivity (Wildman–Crippen MR) is 89.4 cm³/mol. The molecule has 1 aromatic carbocycles. The van der Waals surface area contributed by atoms with Crippen molar-refractivity contribution < 1.29 is 13.2 Å². The van der Waals surface area contributed by atoms with Gasteiger partial charge in [-0.2, -0.15) is 0 Å². The number of hydrogen-bond donors (Lipinski definition) is 0. The molecule has 1 aromatic heterocycles. The van der Waals surface area contributed by atoms with Crippen LogP contribution in [0.25, 0.3) is 0 Å². The number of sulfone groups is 1. The van der Waals surface area contributed by atoms with Gasteiger partial charge in [0.15, 0.2) is 20.8 Å². The third kappa shape index (κ3) is 4.06. The van der Waals surface area contributed by atoms with Crippen LogP contribution < -0.4 is 4.74 Å². The van der Waals surface area contributed by atoms with E-state index in [1.54, 1.807) is 0 Å². The van der Waals surface area contributed by atoms with E-state index >= 15 is 0 Å². The first kappa shape index (κ1) is 16.3. The second kappa shape index (κ2) is 6.92. The fourth-order valence-corrected chi connectivity index (χ4v) is 6.07. The van der Waals surface area contributed by atoms with Gasteiger partial charge in [-0.3, -0.25) is 0 Å². The SMILES string of the molecule is CCn1c(COc2ccccc2)nnc1SC1CCS(=O)(=O)C1. The van der Waals surface area contributed by atoms with Gasteiger partial charge in [0.25, 0.3) is 0 Å². The Hall–Kier alpha value is -1.54. The van der Waals surface area contributed by atoms with Crippen LogP contribution in [0.5, 0.6) is 5.75 Å². The average Bonchev–Trinajstić information content (AvgIpc) is 3.09. The van der Waals surface area contributed by atoms with Crippen LogP contribution in [0, 0.1) is 0 Å². The molecule has 0 N–H and O–H groups in total. The van der Waals surface area contributed by atoms with Gasteiger partial charge in [-0.1, -0.05) is 30.0 Å². The van der Waals surface area contributed by atoms with Crippen LogP contribution in [0.15, 0.2) is 35.5 Å². The molecule has 1 fully saturated rings. The first-order valence-corrected chi connectivity index (χ1v) is 10.2. The maximum absolute atomic E-state index is 11.6. The summed E-state index contributed by atoms with van der Waals surface area (Å²) in [7, 11) is -2.88. The second-order valence-corrected chi connectivity index (χ2v) is 8.88.